The molecule has 0 unspecified atom stereocenters. The number of amides is 2. The lowest BCUT2D eigenvalue weighted by Gasteiger charge is -2.32. The third-order valence-electron chi connectivity index (χ3n) is 8.21. The molecule has 49 heavy (non-hydrogen) atoms. The van der Waals surface area contributed by atoms with Gasteiger partial charge in [-0.1, -0.05) is 12.1 Å². The Kier molecular flexibility index (Phi) is 10.1. The van der Waals surface area contributed by atoms with Gasteiger partial charge in [-0.15, -0.1) is 0 Å². The monoisotopic (exact) mass is 680 g/mol. The molecule has 258 valence electrons. The van der Waals surface area contributed by atoms with Crippen LogP contribution in [0, 0.1) is 5.82 Å². The maximum atomic E-state index is 13.8. The highest BCUT2D eigenvalue weighted by molar-refractivity contribution is 6.09. The SMILES string of the molecule is COC(=O)c1ccc(C2CCN(C(=O)c3cc(NC(=O)c4cnn(C(C)(C)C)c4-c4ccc(F)cc4)ccc3OCC(F)(F)F)CC2)cc1. The van der Waals surface area contributed by atoms with Crippen LogP contribution in [0.5, 0.6) is 5.75 Å². The van der Waals surface area contributed by atoms with Crippen LogP contribution in [-0.4, -0.2) is 65.4 Å². The molecule has 0 atom stereocenters. The van der Waals surface area contributed by atoms with E-state index in [-0.39, 0.29) is 28.5 Å². The third-order valence-corrected chi connectivity index (χ3v) is 8.21. The van der Waals surface area contributed by atoms with Crippen molar-refractivity contribution in [2.45, 2.75) is 51.2 Å². The molecule has 5 rings (SSSR count). The Hall–Kier alpha value is -5.20. The first-order chi connectivity index (χ1) is 23.1. The number of methoxy groups -OCH3 is 1. The highest BCUT2D eigenvalue weighted by Gasteiger charge is 2.32. The number of aromatic nitrogens is 2. The summed E-state index contributed by atoms with van der Waals surface area (Å²) in [7, 11) is 1.31. The number of carbonyl (C=O) groups excluding carboxylic acids is 3. The fourth-order valence-electron chi connectivity index (χ4n) is 5.76. The van der Waals surface area contributed by atoms with Crippen molar-refractivity contribution in [3.8, 4) is 17.0 Å². The van der Waals surface area contributed by atoms with Gasteiger partial charge in [-0.3, -0.25) is 14.3 Å². The average molecular weight is 681 g/mol. The van der Waals surface area contributed by atoms with Crippen molar-refractivity contribution in [3.63, 3.8) is 0 Å². The molecule has 1 aromatic heterocycles. The van der Waals surface area contributed by atoms with Crippen LogP contribution >= 0.6 is 0 Å². The predicted molar refractivity (Wildman–Crippen MR) is 174 cm³/mol. The van der Waals surface area contributed by atoms with Gasteiger partial charge in [-0.2, -0.15) is 18.3 Å². The summed E-state index contributed by atoms with van der Waals surface area (Å²) in [6.45, 7) is 4.74. The topological polar surface area (TPSA) is 103 Å². The number of hydrogen-bond donors (Lipinski definition) is 1. The molecule has 9 nitrogen and oxygen atoms in total. The van der Waals surface area contributed by atoms with Gasteiger partial charge in [-0.05, 0) is 99.7 Å². The van der Waals surface area contributed by atoms with Crippen LogP contribution in [0.25, 0.3) is 11.3 Å². The van der Waals surface area contributed by atoms with Gasteiger partial charge < -0.3 is 19.7 Å². The first-order valence-corrected chi connectivity index (χ1v) is 15.6. The van der Waals surface area contributed by atoms with Crippen molar-refractivity contribution in [1.82, 2.24) is 14.7 Å². The molecular weight excluding hydrogens is 644 g/mol. The summed E-state index contributed by atoms with van der Waals surface area (Å²) < 4.78 is 64.5. The molecule has 1 aliphatic rings. The molecule has 1 saturated heterocycles. The summed E-state index contributed by atoms with van der Waals surface area (Å²) in [4.78, 5) is 40.8. The number of piperidine rings is 1. The van der Waals surface area contributed by atoms with Crippen molar-refractivity contribution in [2.24, 2.45) is 0 Å². The van der Waals surface area contributed by atoms with Crippen molar-refractivity contribution in [1.29, 1.82) is 0 Å². The number of anilines is 1. The number of halogens is 4. The quantitative estimate of drug-likeness (QED) is 0.153. The minimum atomic E-state index is -4.64. The van der Waals surface area contributed by atoms with Crippen molar-refractivity contribution < 1.29 is 41.4 Å². The van der Waals surface area contributed by atoms with Crippen LogP contribution in [0.2, 0.25) is 0 Å². The van der Waals surface area contributed by atoms with Crippen LogP contribution in [0.3, 0.4) is 0 Å². The van der Waals surface area contributed by atoms with Crippen LogP contribution in [0.4, 0.5) is 23.2 Å². The molecule has 0 aliphatic carbocycles. The zero-order chi connectivity index (χ0) is 35.5. The average Bonchev–Trinajstić information content (AvgIpc) is 3.54. The van der Waals surface area contributed by atoms with Gasteiger partial charge >= 0.3 is 12.1 Å². The summed E-state index contributed by atoms with van der Waals surface area (Å²) in [6.07, 6.45) is -2.08. The van der Waals surface area contributed by atoms with Crippen molar-refractivity contribution in [3.05, 3.63) is 101 Å². The minimum Gasteiger partial charge on any atom is -0.483 e. The number of carbonyl (C=O) groups is 3. The zero-order valence-corrected chi connectivity index (χ0v) is 27.4. The Labute approximate surface area is 280 Å². The second kappa shape index (κ2) is 14.1. The summed E-state index contributed by atoms with van der Waals surface area (Å²) >= 11 is 0. The van der Waals surface area contributed by atoms with Gasteiger partial charge in [0, 0.05) is 24.3 Å². The molecule has 1 fully saturated rings. The number of rotatable bonds is 8. The lowest BCUT2D eigenvalue weighted by atomic mass is 9.88. The van der Waals surface area contributed by atoms with E-state index in [1.54, 1.807) is 21.7 Å². The van der Waals surface area contributed by atoms with Crippen LogP contribution in [0.15, 0.2) is 72.9 Å². The number of likely N-dealkylation sites (tertiary alicyclic amines) is 1. The maximum Gasteiger partial charge on any atom is 0.422 e. The van der Waals surface area contributed by atoms with E-state index in [1.807, 2.05) is 32.9 Å². The van der Waals surface area contributed by atoms with E-state index in [0.717, 1.165) is 5.56 Å². The lowest BCUT2D eigenvalue weighted by Crippen LogP contribution is -2.38. The second-order valence-electron chi connectivity index (χ2n) is 12.7. The number of benzene rings is 3. The molecule has 1 N–H and O–H groups in total. The Bertz CT molecular complexity index is 1820. The van der Waals surface area contributed by atoms with E-state index < -0.39 is 41.9 Å². The van der Waals surface area contributed by atoms with E-state index in [4.69, 9.17) is 9.47 Å². The van der Waals surface area contributed by atoms with Gasteiger partial charge in [0.2, 0.25) is 0 Å². The molecular formula is C36H36F4N4O5. The van der Waals surface area contributed by atoms with E-state index in [0.29, 0.717) is 42.8 Å². The van der Waals surface area contributed by atoms with Gasteiger partial charge in [0.05, 0.1) is 41.2 Å². The summed E-state index contributed by atoms with van der Waals surface area (Å²) in [6, 6.07) is 16.6. The van der Waals surface area contributed by atoms with E-state index in [1.165, 1.54) is 55.8 Å². The van der Waals surface area contributed by atoms with Gasteiger partial charge in [0.25, 0.3) is 11.8 Å². The number of alkyl halides is 3. The molecule has 4 aromatic rings. The molecule has 3 aromatic carbocycles. The Morgan fingerprint density at radius 1 is 0.918 bits per heavy atom. The number of nitrogens with zero attached hydrogens (tertiary/aromatic N) is 3. The summed E-state index contributed by atoms with van der Waals surface area (Å²) in [5.74, 6) is -2.18. The van der Waals surface area contributed by atoms with Crippen LogP contribution < -0.4 is 10.1 Å². The smallest absolute Gasteiger partial charge is 0.422 e. The lowest BCUT2D eigenvalue weighted by molar-refractivity contribution is -0.153. The number of hydrogen-bond acceptors (Lipinski definition) is 6. The zero-order valence-electron chi connectivity index (χ0n) is 27.4. The molecule has 0 saturated carbocycles. The molecule has 1 aliphatic heterocycles. The Morgan fingerprint density at radius 3 is 2.16 bits per heavy atom. The molecule has 0 radical (unpaired) electrons. The third kappa shape index (κ3) is 8.27. The number of ether oxygens (including phenoxy) is 2. The van der Waals surface area contributed by atoms with E-state index in [9.17, 15) is 31.9 Å². The van der Waals surface area contributed by atoms with Gasteiger partial charge in [0.15, 0.2) is 6.61 Å². The van der Waals surface area contributed by atoms with Crippen molar-refractivity contribution >= 4 is 23.5 Å². The highest BCUT2D eigenvalue weighted by atomic mass is 19.4. The van der Waals surface area contributed by atoms with Gasteiger partial charge in [-0.25, -0.2) is 9.18 Å². The fourth-order valence-corrected chi connectivity index (χ4v) is 5.76. The Morgan fingerprint density at radius 2 is 1.57 bits per heavy atom. The van der Waals surface area contributed by atoms with E-state index >= 15 is 0 Å². The summed E-state index contributed by atoms with van der Waals surface area (Å²) in [5.41, 5.74) is 2.06. The summed E-state index contributed by atoms with van der Waals surface area (Å²) in [5, 5.41) is 7.16. The Balaban J connectivity index is 1.38. The maximum absolute atomic E-state index is 13.8. The predicted octanol–water partition coefficient (Wildman–Crippen LogP) is 7.44. The number of esters is 1. The molecule has 13 heteroatoms. The largest absolute Gasteiger partial charge is 0.483 e. The molecule has 2 heterocycles. The first kappa shape index (κ1) is 35.1. The molecule has 0 bridgehead atoms. The molecule has 0 spiro atoms. The highest BCUT2D eigenvalue weighted by Crippen LogP contribution is 2.33. The second-order valence-corrected chi connectivity index (χ2v) is 12.7. The van der Waals surface area contributed by atoms with Crippen LogP contribution in [-0.2, 0) is 10.3 Å². The van der Waals surface area contributed by atoms with Gasteiger partial charge in [0.1, 0.15) is 11.6 Å². The van der Waals surface area contributed by atoms with Crippen LogP contribution in [0.1, 0.15) is 76.2 Å². The van der Waals surface area contributed by atoms with Crippen molar-refractivity contribution in [2.75, 3.05) is 32.1 Å². The fraction of sp³-hybridized carbons (Fsp3) is 0.333. The standard InChI is InChI=1S/C36H36F4N4O5/c1-35(2,3)44-31(24-9-11-26(37)12-10-24)29(20-41-44)32(45)42-27-13-14-30(49-21-36(38,39)40)28(19-27)33(46)43-17-15-23(16-18-43)22-5-7-25(8-6-22)34(47)48-4/h5-14,19-20,23H,15-18,21H2,1-4H3,(H,42,45). The van der Waals surface area contributed by atoms with E-state index in [2.05, 4.69) is 10.4 Å². The normalized spacial score (nSPS) is 14.0. The number of nitrogens with one attached hydrogen (secondary N) is 1. The molecule has 2 amide bonds. The minimum absolute atomic E-state index is 0.103. The first-order valence-electron chi connectivity index (χ1n) is 15.6.